The van der Waals surface area contributed by atoms with E-state index >= 15 is 0 Å². The maximum atomic E-state index is 12.8. The normalized spacial score (nSPS) is 18.2. The largest absolute Gasteiger partial charge is 0.508 e. The van der Waals surface area contributed by atoms with Crippen LogP contribution >= 0.6 is 11.6 Å². The van der Waals surface area contributed by atoms with E-state index in [1.54, 1.807) is 30.3 Å². The molecule has 2 aromatic carbocycles. The predicted molar refractivity (Wildman–Crippen MR) is 144 cm³/mol. The average molecular weight is 528 g/mol. The minimum atomic E-state index is -0.982. The second-order valence-electron chi connectivity index (χ2n) is 10.5. The number of ketones is 1. The zero-order valence-corrected chi connectivity index (χ0v) is 22.1. The third-order valence-corrected chi connectivity index (χ3v) is 6.29. The molecule has 0 saturated heterocycles. The smallest absolute Gasteiger partial charge is 0.335 e. The Morgan fingerprint density at radius 1 is 1.24 bits per heavy atom. The number of phenolic OH excluding ortho intramolecular Hbond substituents is 1. The Kier molecular flexibility index (Phi) is 9.26. The Bertz CT molecular complexity index is 1160. The van der Waals surface area contributed by atoms with Crippen LogP contribution in [0.4, 0.5) is 0 Å². The van der Waals surface area contributed by atoms with Crippen LogP contribution in [-0.2, 0) is 9.63 Å². The molecule has 0 aromatic heterocycles. The van der Waals surface area contributed by atoms with Crippen LogP contribution < -0.4 is 11.2 Å². The molecule has 0 amide bonds. The van der Waals surface area contributed by atoms with E-state index in [0.717, 1.165) is 31.2 Å². The second-order valence-corrected chi connectivity index (χ2v) is 11.0. The van der Waals surface area contributed by atoms with Gasteiger partial charge < -0.3 is 15.1 Å². The molecule has 4 rings (SSSR count). The summed E-state index contributed by atoms with van der Waals surface area (Å²) in [6.45, 7) is 10.4. The summed E-state index contributed by atoms with van der Waals surface area (Å²) in [5.74, 6) is 3.40. The van der Waals surface area contributed by atoms with Gasteiger partial charge in [-0.2, -0.15) is 0 Å². The molecule has 1 saturated carbocycles. The molecular formula is C28H34ClN3O5. The third-order valence-electron chi connectivity index (χ3n) is 6.07. The number of phenols is 1. The molecule has 8 nitrogen and oxygen atoms in total. The number of aromatic hydroxyl groups is 1. The van der Waals surface area contributed by atoms with Crippen LogP contribution in [0.2, 0.25) is 5.02 Å². The molecule has 2 atom stereocenters. The second kappa shape index (κ2) is 12.0. The fraction of sp³-hybridized carbons (Fsp3) is 0.393. The van der Waals surface area contributed by atoms with Gasteiger partial charge in [0.25, 0.3) is 0 Å². The zero-order chi connectivity index (χ0) is 27.3. The molecule has 0 bridgehead atoms. The lowest BCUT2D eigenvalue weighted by Crippen LogP contribution is -2.32. The minimum absolute atomic E-state index is 0.0494. The number of carbonyl (C=O) groups is 2. The fourth-order valence-electron chi connectivity index (χ4n) is 3.77. The van der Waals surface area contributed by atoms with Gasteiger partial charge in [-0.1, -0.05) is 51.1 Å². The molecule has 1 aliphatic heterocycles. The summed E-state index contributed by atoms with van der Waals surface area (Å²) in [5, 5.41) is 22.7. The van der Waals surface area contributed by atoms with Crippen molar-refractivity contribution in [3.63, 3.8) is 0 Å². The van der Waals surface area contributed by atoms with Gasteiger partial charge >= 0.3 is 5.97 Å². The summed E-state index contributed by atoms with van der Waals surface area (Å²) in [5.41, 5.74) is 2.15. The number of nitrogens with zero attached hydrogens (tertiary/aromatic N) is 1. The van der Waals surface area contributed by atoms with Crippen LogP contribution in [0.25, 0.3) is 0 Å². The van der Waals surface area contributed by atoms with Gasteiger partial charge in [0.1, 0.15) is 17.6 Å². The van der Waals surface area contributed by atoms with Gasteiger partial charge in [-0.05, 0) is 67.0 Å². The van der Waals surface area contributed by atoms with E-state index in [1.807, 2.05) is 0 Å². The van der Waals surface area contributed by atoms with Crippen molar-refractivity contribution in [3.8, 4) is 5.75 Å². The highest BCUT2D eigenvalue weighted by atomic mass is 35.5. The molecule has 1 aliphatic carbocycles. The van der Waals surface area contributed by atoms with E-state index in [0.29, 0.717) is 22.3 Å². The molecule has 2 unspecified atom stereocenters. The number of hydrogen-bond donors (Lipinski definition) is 4. The Balaban J connectivity index is 0.000000678. The first-order valence-electron chi connectivity index (χ1n) is 12.1. The topological polar surface area (TPSA) is 134 Å². The third kappa shape index (κ3) is 8.23. The van der Waals surface area contributed by atoms with Gasteiger partial charge in [-0.15, -0.1) is 0 Å². The monoisotopic (exact) mass is 527 g/mol. The average Bonchev–Trinajstić information content (AvgIpc) is 3.63. The van der Waals surface area contributed by atoms with Crippen molar-refractivity contribution in [3.05, 3.63) is 76.3 Å². The molecule has 0 radical (unpaired) electrons. The summed E-state index contributed by atoms with van der Waals surface area (Å²) in [6.07, 6.45) is 3.76. The number of carboxylic acids is 1. The number of carbonyl (C=O) groups excluding carboxylic acids is 1. The number of carboxylic acid groups (broad SMARTS) is 1. The van der Waals surface area contributed by atoms with Crippen LogP contribution in [0.5, 0.6) is 5.75 Å². The lowest BCUT2D eigenvalue weighted by Gasteiger charge is -2.26. The first-order valence-corrected chi connectivity index (χ1v) is 12.5. The van der Waals surface area contributed by atoms with Crippen LogP contribution in [0, 0.1) is 5.41 Å². The molecular weight excluding hydrogens is 494 g/mol. The van der Waals surface area contributed by atoms with Gasteiger partial charge in [0, 0.05) is 22.2 Å². The van der Waals surface area contributed by atoms with E-state index in [4.69, 9.17) is 17.5 Å². The van der Waals surface area contributed by atoms with Crippen LogP contribution in [0.1, 0.15) is 74.0 Å². The maximum absolute atomic E-state index is 12.8. The van der Waals surface area contributed by atoms with Crippen molar-refractivity contribution in [2.24, 2.45) is 16.3 Å². The number of aromatic carboxylic acids is 1. The number of hydrogen-bond acceptors (Lipinski definition) is 7. The van der Waals surface area contributed by atoms with Crippen LogP contribution in [-0.4, -0.2) is 39.9 Å². The molecule has 2 aromatic rings. The number of rotatable bonds is 8. The molecule has 0 spiro atoms. The van der Waals surface area contributed by atoms with Crippen molar-refractivity contribution in [1.82, 2.24) is 5.32 Å². The molecule has 2 aliphatic rings. The van der Waals surface area contributed by atoms with E-state index in [1.165, 1.54) is 12.1 Å². The Hall–Kier alpha value is -3.04. The number of halogens is 1. The lowest BCUT2D eigenvalue weighted by atomic mass is 9.87. The molecule has 1 fully saturated rings. The van der Waals surface area contributed by atoms with Crippen molar-refractivity contribution in [1.29, 1.82) is 0 Å². The summed E-state index contributed by atoms with van der Waals surface area (Å²) >= 11 is 6.03. The molecule has 198 valence electrons. The standard InChI is InChI=1S/C25H27ClN2O4.C3H7NO/c1-14-22(30)21(17-11-18(26)13-19(29)12-17)28-23(14)27-20(9-10-25(2,3)4)15-5-7-16(8-6-15)24(31)32;4-5-3-1-2-3/h5-8,11-13,20,23,27,29H,1,9-10H2,2-4H3,(H,31,32);3H,1-2,4H2. The van der Waals surface area contributed by atoms with Crippen molar-refractivity contribution in [2.45, 2.75) is 64.8 Å². The Morgan fingerprint density at radius 2 is 1.89 bits per heavy atom. The zero-order valence-electron chi connectivity index (χ0n) is 21.3. The fourth-order valence-corrected chi connectivity index (χ4v) is 4.00. The SMILES string of the molecule is C=C1C(=O)C(c2cc(O)cc(Cl)c2)=NC1NC(CCC(C)(C)C)c1ccc(C(=O)O)cc1.NOC1CC1. The van der Waals surface area contributed by atoms with E-state index in [2.05, 4.69) is 42.5 Å². The van der Waals surface area contributed by atoms with Crippen molar-refractivity contribution < 1.29 is 24.6 Å². The van der Waals surface area contributed by atoms with Gasteiger partial charge in [-0.25, -0.2) is 10.7 Å². The van der Waals surface area contributed by atoms with Gasteiger partial charge in [-0.3, -0.25) is 15.1 Å². The van der Waals surface area contributed by atoms with E-state index < -0.39 is 12.1 Å². The molecule has 9 heteroatoms. The van der Waals surface area contributed by atoms with Crippen LogP contribution in [0.3, 0.4) is 0 Å². The van der Waals surface area contributed by atoms with Crippen molar-refractivity contribution in [2.75, 3.05) is 0 Å². The lowest BCUT2D eigenvalue weighted by molar-refractivity contribution is -0.109. The van der Waals surface area contributed by atoms with Gasteiger partial charge in [0.2, 0.25) is 5.78 Å². The number of aliphatic imine (C=N–C) groups is 1. The molecule has 5 N–H and O–H groups in total. The van der Waals surface area contributed by atoms with Gasteiger partial charge in [0.15, 0.2) is 0 Å². The predicted octanol–water partition coefficient (Wildman–Crippen LogP) is 5.19. The highest BCUT2D eigenvalue weighted by Gasteiger charge is 2.33. The first kappa shape index (κ1) is 28.5. The minimum Gasteiger partial charge on any atom is -0.508 e. The highest BCUT2D eigenvalue weighted by Crippen LogP contribution is 2.31. The Morgan fingerprint density at radius 3 is 2.38 bits per heavy atom. The number of benzene rings is 2. The van der Waals surface area contributed by atoms with E-state index in [-0.39, 0.29) is 34.3 Å². The quantitative estimate of drug-likeness (QED) is 0.274. The molecule has 37 heavy (non-hydrogen) atoms. The van der Waals surface area contributed by atoms with Crippen LogP contribution in [0.15, 0.2) is 59.6 Å². The Labute approximate surface area is 222 Å². The number of nitrogens with two attached hydrogens (primary N) is 1. The summed E-state index contributed by atoms with van der Waals surface area (Å²) in [7, 11) is 0. The first-order chi connectivity index (χ1) is 17.4. The highest BCUT2D eigenvalue weighted by molar-refractivity contribution is 6.53. The number of Topliss-reactive ketones (excluding diaryl/α,β-unsaturated/α-hetero) is 1. The maximum Gasteiger partial charge on any atom is 0.335 e. The molecule has 1 heterocycles. The van der Waals surface area contributed by atoms with E-state index in [9.17, 15) is 19.8 Å². The summed E-state index contributed by atoms with van der Waals surface area (Å²) in [6, 6.07) is 10.9. The summed E-state index contributed by atoms with van der Waals surface area (Å²) in [4.78, 5) is 33.0. The summed E-state index contributed by atoms with van der Waals surface area (Å²) < 4.78 is 0. The van der Waals surface area contributed by atoms with Gasteiger partial charge in [0.05, 0.1) is 11.7 Å². The van der Waals surface area contributed by atoms with Crippen molar-refractivity contribution >= 4 is 29.1 Å². The number of nitrogens with one attached hydrogen (secondary N) is 1.